The van der Waals surface area contributed by atoms with Crippen LogP contribution in [0.2, 0.25) is 0 Å². The zero-order valence-corrected chi connectivity index (χ0v) is 6.68. The minimum Gasteiger partial charge on any atom is -0.364 e. The van der Waals surface area contributed by atoms with E-state index in [1.54, 1.807) is 4.98 Å². The Labute approximate surface area is 75.5 Å². The van der Waals surface area contributed by atoms with Gasteiger partial charge in [-0.2, -0.15) is 13.2 Å². The molecule has 0 saturated heterocycles. The van der Waals surface area contributed by atoms with E-state index in [2.05, 4.69) is 0 Å². The number of nitrogens with two attached hydrogens (primary N) is 1. The van der Waals surface area contributed by atoms with Crippen molar-refractivity contribution in [1.82, 2.24) is 4.98 Å². The molecule has 14 heavy (non-hydrogen) atoms. The van der Waals surface area contributed by atoms with Crippen molar-refractivity contribution < 1.29 is 18.0 Å². The third-order valence-electron chi connectivity index (χ3n) is 1.48. The monoisotopic (exact) mass is 206 g/mol. The number of carbonyl (C=O) groups excluding carboxylic acids is 1. The molecule has 0 unspecified atom stereocenters. The first kappa shape index (κ1) is 10.3. The molecule has 1 rings (SSSR count). The molecule has 1 aromatic heterocycles. The van der Waals surface area contributed by atoms with Gasteiger partial charge in [0.1, 0.15) is 11.3 Å². The summed E-state index contributed by atoms with van der Waals surface area (Å²) in [6.07, 6.45) is -4.73. The molecule has 7 heteroatoms. The lowest BCUT2D eigenvalue weighted by atomic mass is 10.2. The van der Waals surface area contributed by atoms with Gasteiger partial charge in [0.2, 0.25) is 0 Å². The summed E-state index contributed by atoms with van der Waals surface area (Å²) in [6.45, 7) is 0. The van der Waals surface area contributed by atoms with Gasteiger partial charge in [-0.1, -0.05) is 0 Å². The van der Waals surface area contributed by atoms with E-state index in [-0.39, 0.29) is 5.69 Å². The molecule has 0 atom stereocenters. The van der Waals surface area contributed by atoms with Crippen LogP contribution in [0.5, 0.6) is 0 Å². The highest BCUT2D eigenvalue weighted by Crippen LogP contribution is 2.25. The minimum atomic E-state index is -4.73. The third kappa shape index (κ3) is 1.93. The average molecular weight is 206 g/mol. The van der Waals surface area contributed by atoms with E-state index in [9.17, 15) is 22.8 Å². The second kappa shape index (κ2) is 3.17. The number of primary amides is 1. The van der Waals surface area contributed by atoms with Crippen molar-refractivity contribution in [1.29, 1.82) is 0 Å². The van der Waals surface area contributed by atoms with Gasteiger partial charge in [-0.15, -0.1) is 0 Å². The van der Waals surface area contributed by atoms with Gasteiger partial charge in [0.05, 0.1) is 0 Å². The molecule has 0 bridgehead atoms. The van der Waals surface area contributed by atoms with Crippen molar-refractivity contribution in [3.63, 3.8) is 0 Å². The molecule has 0 saturated carbocycles. The quantitative estimate of drug-likeness (QED) is 0.701. The Morgan fingerprint density at radius 2 is 1.93 bits per heavy atom. The van der Waals surface area contributed by atoms with Gasteiger partial charge in [-0.05, 0) is 12.1 Å². The van der Waals surface area contributed by atoms with E-state index in [1.165, 1.54) is 0 Å². The summed E-state index contributed by atoms with van der Waals surface area (Å²) >= 11 is 0. The van der Waals surface area contributed by atoms with Crippen LogP contribution in [0.3, 0.4) is 0 Å². The van der Waals surface area contributed by atoms with E-state index in [4.69, 9.17) is 5.73 Å². The summed E-state index contributed by atoms with van der Waals surface area (Å²) in [6, 6.07) is 1.32. The normalized spacial score (nSPS) is 11.4. The van der Waals surface area contributed by atoms with Gasteiger partial charge in [0, 0.05) is 0 Å². The first-order valence-corrected chi connectivity index (χ1v) is 3.42. The number of H-pyrrole nitrogens is 1. The van der Waals surface area contributed by atoms with Crippen LogP contribution in [-0.2, 0) is 6.18 Å². The standard InChI is InChI=1S/C7H5F3N2O2/c8-7(9,10)3-1-2-4(5(11)13)12-6(3)14/h1-2H,(H2,11,13)(H,12,14). The van der Waals surface area contributed by atoms with Crippen LogP contribution in [0, 0.1) is 0 Å². The Morgan fingerprint density at radius 3 is 2.29 bits per heavy atom. The molecule has 0 aromatic carbocycles. The van der Waals surface area contributed by atoms with Crippen molar-refractivity contribution in [2.24, 2.45) is 5.73 Å². The minimum absolute atomic E-state index is 0.358. The molecule has 0 radical (unpaired) electrons. The van der Waals surface area contributed by atoms with Crippen LogP contribution in [0.1, 0.15) is 16.1 Å². The van der Waals surface area contributed by atoms with Crippen LogP contribution in [0.4, 0.5) is 13.2 Å². The molecule has 0 spiro atoms. The second-order valence-corrected chi connectivity index (χ2v) is 2.48. The van der Waals surface area contributed by atoms with Crippen molar-refractivity contribution in [2.45, 2.75) is 6.18 Å². The number of aromatic amines is 1. The molecule has 1 aromatic rings. The van der Waals surface area contributed by atoms with Crippen LogP contribution < -0.4 is 11.3 Å². The zero-order chi connectivity index (χ0) is 10.9. The number of amides is 1. The molecule has 0 aliphatic heterocycles. The SMILES string of the molecule is NC(=O)c1ccc(C(F)(F)F)c(=O)[nH]1. The van der Waals surface area contributed by atoms with Gasteiger partial charge in [0.25, 0.3) is 11.5 Å². The molecule has 1 heterocycles. The highest BCUT2D eigenvalue weighted by molar-refractivity contribution is 5.90. The number of halogens is 3. The molecule has 0 aliphatic carbocycles. The van der Waals surface area contributed by atoms with E-state index >= 15 is 0 Å². The molecule has 76 valence electrons. The van der Waals surface area contributed by atoms with E-state index in [0.29, 0.717) is 6.07 Å². The number of nitrogens with one attached hydrogen (secondary N) is 1. The summed E-state index contributed by atoms with van der Waals surface area (Å²) in [7, 11) is 0. The van der Waals surface area contributed by atoms with Gasteiger partial charge < -0.3 is 10.7 Å². The number of hydrogen-bond acceptors (Lipinski definition) is 2. The Bertz CT molecular complexity index is 422. The molecular formula is C7H5F3N2O2. The fraction of sp³-hybridized carbons (Fsp3) is 0.143. The van der Waals surface area contributed by atoms with Crippen molar-refractivity contribution in [3.05, 3.63) is 33.7 Å². The van der Waals surface area contributed by atoms with Gasteiger partial charge >= 0.3 is 6.18 Å². The van der Waals surface area contributed by atoms with Crippen LogP contribution in [0.25, 0.3) is 0 Å². The third-order valence-corrected chi connectivity index (χ3v) is 1.48. The molecule has 3 N–H and O–H groups in total. The lowest BCUT2D eigenvalue weighted by molar-refractivity contribution is -0.138. The fourth-order valence-corrected chi connectivity index (χ4v) is 0.841. The smallest absolute Gasteiger partial charge is 0.364 e. The number of carbonyl (C=O) groups is 1. The van der Waals surface area contributed by atoms with Crippen LogP contribution in [-0.4, -0.2) is 10.9 Å². The first-order chi connectivity index (χ1) is 6.32. The zero-order valence-electron chi connectivity index (χ0n) is 6.68. The average Bonchev–Trinajstić information content (AvgIpc) is 2.01. The Balaban J connectivity index is 3.29. The second-order valence-electron chi connectivity index (χ2n) is 2.48. The largest absolute Gasteiger partial charge is 0.421 e. The van der Waals surface area contributed by atoms with Crippen molar-refractivity contribution >= 4 is 5.91 Å². The van der Waals surface area contributed by atoms with Gasteiger partial charge in [0.15, 0.2) is 0 Å². The molecule has 1 amide bonds. The van der Waals surface area contributed by atoms with E-state index in [1.807, 2.05) is 0 Å². The molecule has 0 aliphatic rings. The molecular weight excluding hydrogens is 201 g/mol. The number of pyridine rings is 1. The Kier molecular flexibility index (Phi) is 2.33. The number of rotatable bonds is 1. The fourth-order valence-electron chi connectivity index (χ4n) is 0.841. The Morgan fingerprint density at radius 1 is 1.36 bits per heavy atom. The van der Waals surface area contributed by atoms with Crippen molar-refractivity contribution in [2.75, 3.05) is 0 Å². The lowest BCUT2D eigenvalue weighted by Gasteiger charge is -2.04. The highest BCUT2D eigenvalue weighted by Gasteiger charge is 2.33. The number of aromatic nitrogens is 1. The summed E-state index contributed by atoms with van der Waals surface area (Å²) in [5.41, 5.74) is 1.65. The van der Waals surface area contributed by atoms with Crippen molar-refractivity contribution in [3.8, 4) is 0 Å². The maximum atomic E-state index is 12.0. The number of alkyl halides is 3. The highest BCUT2D eigenvalue weighted by atomic mass is 19.4. The van der Waals surface area contributed by atoms with Gasteiger partial charge in [-0.25, -0.2) is 0 Å². The predicted molar refractivity (Wildman–Crippen MR) is 40.6 cm³/mol. The van der Waals surface area contributed by atoms with Crippen LogP contribution >= 0.6 is 0 Å². The maximum absolute atomic E-state index is 12.0. The predicted octanol–water partition coefficient (Wildman–Crippen LogP) is 0.493. The van der Waals surface area contributed by atoms with E-state index in [0.717, 1.165) is 6.07 Å². The van der Waals surface area contributed by atoms with Gasteiger partial charge in [-0.3, -0.25) is 9.59 Å². The first-order valence-electron chi connectivity index (χ1n) is 3.42. The topological polar surface area (TPSA) is 76.0 Å². The molecule has 4 nitrogen and oxygen atoms in total. The maximum Gasteiger partial charge on any atom is 0.421 e. The summed E-state index contributed by atoms with van der Waals surface area (Å²) in [4.78, 5) is 23.0. The summed E-state index contributed by atoms with van der Waals surface area (Å²) < 4.78 is 36.1. The van der Waals surface area contributed by atoms with E-state index < -0.39 is 23.2 Å². The molecule has 0 fully saturated rings. The van der Waals surface area contributed by atoms with Crippen LogP contribution in [0.15, 0.2) is 16.9 Å². The number of hydrogen-bond donors (Lipinski definition) is 2. The Hall–Kier alpha value is -1.79. The summed E-state index contributed by atoms with van der Waals surface area (Å²) in [5.74, 6) is -0.990. The lowest BCUT2D eigenvalue weighted by Crippen LogP contribution is -2.25. The summed E-state index contributed by atoms with van der Waals surface area (Å²) in [5, 5.41) is 0.